The monoisotopic (exact) mass is 253 g/mol. The lowest BCUT2D eigenvalue weighted by Crippen LogP contribution is -2.10. The van der Waals surface area contributed by atoms with Crippen LogP contribution < -0.4 is 0 Å². The quantitative estimate of drug-likeness (QED) is 0.780. The highest BCUT2D eigenvalue weighted by atomic mass is 16.3. The Kier molecular flexibility index (Phi) is 3.01. The zero-order valence-electron chi connectivity index (χ0n) is 10.7. The molecule has 0 fully saturated rings. The van der Waals surface area contributed by atoms with Crippen molar-refractivity contribution < 1.29 is 5.11 Å². The van der Waals surface area contributed by atoms with Gasteiger partial charge in [0, 0.05) is 24.3 Å². The lowest BCUT2D eigenvalue weighted by atomic mass is 10.0. The molecule has 0 aliphatic rings. The Labute approximate surface area is 111 Å². The van der Waals surface area contributed by atoms with Crippen molar-refractivity contribution in [1.29, 1.82) is 0 Å². The molecule has 1 atom stereocenters. The van der Waals surface area contributed by atoms with E-state index in [1.54, 1.807) is 17.1 Å². The van der Waals surface area contributed by atoms with E-state index < -0.39 is 6.10 Å². The third kappa shape index (κ3) is 2.00. The van der Waals surface area contributed by atoms with Gasteiger partial charge in [0.1, 0.15) is 6.10 Å². The molecule has 0 bridgehead atoms. The molecular weight excluding hydrogens is 238 g/mol. The number of rotatable bonds is 3. The molecule has 3 rings (SSSR count). The molecule has 2 aromatic heterocycles. The number of hydrogen-bond acceptors (Lipinski definition) is 3. The van der Waals surface area contributed by atoms with Gasteiger partial charge in [0.25, 0.3) is 0 Å². The second kappa shape index (κ2) is 4.82. The number of hydrogen-bond donors (Lipinski definition) is 1. The average Bonchev–Trinajstić information content (AvgIpc) is 2.94. The Hall–Kier alpha value is -2.20. The van der Waals surface area contributed by atoms with Crippen LogP contribution >= 0.6 is 0 Å². The minimum atomic E-state index is -0.756. The predicted octanol–water partition coefficient (Wildman–Crippen LogP) is 2.53. The van der Waals surface area contributed by atoms with Gasteiger partial charge < -0.3 is 5.11 Å². The van der Waals surface area contributed by atoms with Gasteiger partial charge in [-0.15, -0.1) is 0 Å². The van der Waals surface area contributed by atoms with Crippen LogP contribution in [0.1, 0.15) is 24.4 Å². The lowest BCUT2D eigenvalue weighted by molar-refractivity contribution is 0.205. The number of aliphatic hydroxyl groups is 1. The molecule has 4 heteroatoms. The molecule has 0 aliphatic carbocycles. The van der Waals surface area contributed by atoms with E-state index in [1.165, 1.54) is 0 Å². The highest BCUT2D eigenvalue weighted by Gasteiger charge is 2.18. The summed E-state index contributed by atoms with van der Waals surface area (Å²) >= 11 is 0. The number of aromatic nitrogens is 3. The van der Waals surface area contributed by atoms with E-state index in [4.69, 9.17) is 0 Å². The molecule has 0 saturated heterocycles. The van der Waals surface area contributed by atoms with Crippen LogP contribution in [0.15, 0.2) is 48.8 Å². The fourth-order valence-electron chi connectivity index (χ4n) is 2.34. The van der Waals surface area contributed by atoms with Crippen LogP contribution in [0.25, 0.3) is 10.8 Å². The van der Waals surface area contributed by atoms with E-state index in [0.29, 0.717) is 5.69 Å². The lowest BCUT2D eigenvalue weighted by Gasteiger charge is -2.14. The highest BCUT2D eigenvalue weighted by Crippen LogP contribution is 2.26. The van der Waals surface area contributed by atoms with Crippen molar-refractivity contribution in [3.63, 3.8) is 0 Å². The van der Waals surface area contributed by atoms with E-state index in [1.807, 2.05) is 43.3 Å². The van der Waals surface area contributed by atoms with Crippen LogP contribution in [0.2, 0.25) is 0 Å². The first-order chi connectivity index (χ1) is 9.31. The highest BCUT2D eigenvalue weighted by molar-refractivity contribution is 5.84. The SMILES string of the molecule is CCn1nccc1C(O)c1nccc2ccccc12. The second-order valence-corrected chi connectivity index (χ2v) is 4.39. The van der Waals surface area contributed by atoms with E-state index in [2.05, 4.69) is 10.1 Å². The van der Waals surface area contributed by atoms with E-state index in [9.17, 15) is 5.11 Å². The topological polar surface area (TPSA) is 50.9 Å². The third-order valence-corrected chi connectivity index (χ3v) is 3.29. The van der Waals surface area contributed by atoms with Gasteiger partial charge in [-0.3, -0.25) is 9.67 Å². The molecule has 3 aromatic rings. The number of nitrogens with zero attached hydrogens (tertiary/aromatic N) is 3. The molecule has 96 valence electrons. The predicted molar refractivity (Wildman–Crippen MR) is 73.7 cm³/mol. The summed E-state index contributed by atoms with van der Waals surface area (Å²) in [5, 5.41) is 16.8. The Morgan fingerprint density at radius 1 is 1.16 bits per heavy atom. The van der Waals surface area contributed by atoms with Crippen molar-refractivity contribution in [1.82, 2.24) is 14.8 Å². The Bertz CT molecular complexity index is 700. The molecule has 0 radical (unpaired) electrons. The van der Waals surface area contributed by atoms with Crippen LogP contribution in [0, 0.1) is 0 Å². The van der Waals surface area contributed by atoms with Gasteiger partial charge in [0.15, 0.2) is 0 Å². The molecule has 0 saturated carbocycles. The largest absolute Gasteiger partial charge is 0.380 e. The zero-order valence-corrected chi connectivity index (χ0v) is 10.7. The molecule has 0 spiro atoms. The second-order valence-electron chi connectivity index (χ2n) is 4.39. The fraction of sp³-hybridized carbons (Fsp3) is 0.200. The molecule has 1 unspecified atom stereocenters. The Balaban J connectivity index is 2.14. The summed E-state index contributed by atoms with van der Waals surface area (Å²) in [6, 6.07) is 11.7. The van der Waals surface area contributed by atoms with Gasteiger partial charge >= 0.3 is 0 Å². The molecule has 4 nitrogen and oxygen atoms in total. The van der Waals surface area contributed by atoms with Gasteiger partial charge in [-0.05, 0) is 24.4 Å². The van der Waals surface area contributed by atoms with Crippen molar-refractivity contribution in [2.24, 2.45) is 0 Å². The molecule has 19 heavy (non-hydrogen) atoms. The fourth-order valence-corrected chi connectivity index (χ4v) is 2.34. The summed E-state index contributed by atoms with van der Waals surface area (Å²) in [6.07, 6.45) is 2.68. The summed E-state index contributed by atoms with van der Waals surface area (Å²) in [6.45, 7) is 2.73. The van der Waals surface area contributed by atoms with Crippen LogP contribution in [0.5, 0.6) is 0 Å². The average molecular weight is 253 g/mol. The third-order valence-electron chi connectivity index (χ3n) is 3.29. The molecule has 2 heterocycles. The number of fused-ring (bicyclic) bond motifs is 1. The maximum absolute atomic E-state index is 10.6. The van der Waals surface area contributed by atoms with E-state index in [0.717, 1.165) is 23.0 Å². The van der Waals surface area contributed by atoms with Gasteiger partial charge in [-0.25, -0.2) is 0 Å². The van der Waals surface area contributed by atoms with Gasteiger partial charge in [-0.1, -0.05) is 24.3 Å². The zero-order chi connectivity index (χ0) is 13.2. The summed E-state index contributed by atoms with van der Waals surface area (Å²) in [7, 11) is 0. The first kappa shape index (κ1) is 11.9. The van der Waals surface area contributed by atoms with Crippen molar-refractivity contribution in [3.05, 3.63) is 60.2 Å². The minimum Gasteiger partial charge on any atom is -0.380 e. The Morgan fingerprint density at radius 2 is 2.00 bits per heavy atom. The van der Waals surface area contributed by atoms with Crippen LogP contribution in [0.3, 0.4) is 0 Å². The molecule has 0 amide bonds. The summed E-state index contributed by atoms with van der Waals surface area (Å²) in [5.74, 6) is 0. The van der Waals surface area contributed by atoms with Crippen molar-refractivity contribution in [2.75, 3.05) is 0 Å². The normalized spacial score (nSPS) is 12.7. The van der Waals surface area contributed by atoms with Crippen LogP contribution in [-0.4, -0.2) is 19.9 Å². The first-order valence-corrected chi connectivity index (χ1v) is 6.34. The van der Waals surface area contributed by atoms with Gasteiger partial charge in [0.2, 0.25) is 0 Å². The van der Waals surface area contributed by atoms with E-state index in [-0.39, 0.29) is 0 Å². The van der Waals surface area contributed by atoms with Gasteiger partial charge in [-0.2, -0.15) is 5.10 Å². The summed E-state index contributed by atoms with van der Waals surface area (Å²) in [4.78, 5) is 4.35. The first-order valence-electron chi connectivity index (χ1n) is 6.34. The smallest absolute Gasteiger partial charge is 0.138 e. The van der Waals surface area contributed by atoms with Crippen molar-refractivity contribution in [2.45, 2.75) is 19.6 Å². The van der Waals surface area contributed by atoms with Crippen molar-refractivity contribution >= 4 is 10.8 Å². The Morgan fingerprint density at radius 3 is 2.84 bits per heavy atom. The standard InChI is InChI=1S/C15H15N3O/c1-2-18-13(8-10-17-18)15(19)14-12-6-4-3-5-11(12)7-9-16-14/h3-10,15,19H,2H2,1H3. The number of pyridine rings is 1. The summed E-state index contributed by atoms with van der Waals surface area (Å²) in [5.41, 5.74) is 1.44. The molecule has 1 N–H and O–H groups in total. The van der Waals surface area contributed by atoms with E-state index >= 15 is 0 Å². The minimum absolute atomic E-state index is 0.674. The number of benzene rings is 1. The molecular formula is C15H15N3O. The van der Waals surface area contributed by atoms with Gasteiger partial charge in [0.05, 0.1) is 11.4 Å². The van der Waals surface area contributed by atoms with Crippen LogP contribution in [0.4, 0.5) is 0 Å². The maximum Gasteiger partial charge on any atom is 0.138 e. The number of aliphatic hydroxyl groups excluding tert-OH is 1. The molecule has 1 aromatic carbocycles. The maximum atomic E-state index is 10.6. The van der Waals surface area contributed by atoms with Crippen LogP contribution in [-0.2, 0) is 6.54 Å². The van der Waals surface area contributed by atoms with Crippen molar-refractivity contribution in [3.8, 4) is 0 Å². The number of aryl methyl sites for hydroxylation is 1. The molecule has 0 aliphatic heterocycles. The summed E-state index contributed by atoms with van der Waals surface area (Å²) < 4.78 is 1.79.